The molecule has 0 saturated heterocycles. The van der Waals surface area contributed by atoms with Gasteiger partial charge in [-0.25, -0.2) is 4.79 Å². The van der Waals surface area contributed by atoms with Crippen molar-refractivity contribution in [2.24, 2.45) is 0 Å². The molecule has 0 aromatic heterocycles. The quantitative estimate of drug-likeness (QED) is 0.687. The Labute approximate surface area is 86.6 Å². The van der Waals surface area contributed by atoms with Gasteiger partial charge in [0.15, 0.2) is 6.10 Å². The maximum Gasteiger partial charge on any atom is 0.364 e. The smallest absolute Gasteiger partial charge is 0.364 e. The molecule has 1 aromatic rings. The van der Waals surface area contributed by atoms with Gasteiger partial charge in [-0.15, -0.1) is 0 Å². The molecule has 15 heavy (non-hydrogen) atoms. The van der Waals surface area contributed by atoms with E-state index >= 15 is 0 Å². The standard InChI is InChI=1S/C10H11NO4/c1-7(12)11-15-10(14)9(13)8-5-3-2-4-6-8/h2-6,9,13H,1H3,(H,11,12). The molecular formula is C10H11NO4. The molecule has 0 spiro atoms. The molecule has 0 bridgehead atoms. The second kappa shape index (κ2) is 5.11. The highest BCUT2D eigenvalue weighted by molar-refractivity contribution is 5.79. The van der Waals surface area contributed by atoms with E-state index in [1.54, 1.807) is 30.3 Å². The van der Waals surface area contributed by atoms with Gasteiger partial charge in [0, 0.05) is 6.92 Å². The largest absolute Gasteiger partial charge is 0.377 e. The first kappa shape index (κ1) is 11.2. The molecule has 1 unspecified atom stereocenters. The SMILES string of the molecule is CC(=O)NOC(=O)C(O)c1ccccc1. The van der Waals surface area contributed by atoms with Crippen molar-refractivity contribution in [1.82, 2.24) is 5.48 Å². The predicted molar refractivity (Wildman–Crippen MR) is 51.3 cm³/mol. The number of aliphatic hydroxyl groups excluding tert-OH is 1. The number of amides is 1. The highest BCUT2D eigenvalue weighted by atomic mass is 16.7. The molecule has 1 amide bonds. The topological polar surface area (TPSA) is 75.6 Å². The molecule has 2 N–H and O–H groups in total. The van der Waals surface area contributed by atoms with E-state index in [4.69, 9.17) is 0 Å². The zero-order valence-electron chi connectivity index (χ0n) is 8.14. The number of carbonyl (C=O) groups excluding carboxylic acids is 2. The number of rotatable bonds is 2. The summed E-state index contributed by atoms with van der Waals surface area (Å²) in [6.45, 7) is 1.20. The number of hydrogen-bond acceptors (Lipinski definition) is 4. The lowest BCUT2D eigenvalue weighted by Crippen LogP contribution is -2.27. The fourth-order valence-electron chi connectivity index (χ4n) is 0.949. The molecule has 1 aromatic carbocycles. The van der Waals surface area contributed by atoms with Gasteiger partial charge in [0.25, 0.3) is 0 Å². The number of carbonyl (C=O) groups is 2. The van der Waals surface area contributed by atoms with Crippen molar-refractivity contribution in [2.75, 3.05) is 0 Å². The van der Waals surface area contributed by atoms with Crippen LogP contribution >= 0.6 is 0 Å². The first-order chi connectivity index (χ1) is 7.11. The van der Waals surface area contributed by atoms with Crippen LogP contribution < -0.4 is 5.48 Å². The van der Waals surface area contributed by atoms with Crippen LogP contribution in [0.1, 0.15) is 18.6 Å². The van der Waals surface area contributed by atoms with E-state index in [2.05, 4.69) is 4.84 Å². The Bertz CT molecular complexity index is 350. The van der Waals surface area contributed by atoms with Gasteiger partial charge >= 0.3 is 5.97 Å². The van der Waals surface area contributed by atoms with E-state index in [-0.39, 0.29) is 0 Å². The summed E-state index contributed by atoms with van der Waals surface area (Å²) >= 11 is 0. The fourth-order valence-corrected chi connectivity index (χ4v) is 0.949. The third-order valence-electron chi connectivity index (χ3n) is 1.63. The van der Waals surface area contributed by atoms with Gasteiger partial charge in [-0.3, -0.25) is 4.79 Å². The fraction of sp³-hybridized carbons (Fsp3) is 0.200. The highest BCUT2D eigenvalue weighted by Crippen LogP contribution is 2.12. The van der Waals surface area contributed by atoms with Gasteiger partial charge in [-0.05, 0) is 5.56 Å². The summed E-state index contributed by atoms with van der Waals surface area (Å²) in [6, 6.07) is 8.29. The summed E-state index contributed by atoms with van der Waals surface area (Å²) < 4.78 is 0. The number of nitrogens with one attached hydrogen (secondary N) is 1. The van der Waals surface area contributed by atoms with E-state index in [0.717, 1.165) is 0 Å². The lowest BCUT2D eigenvalue weighted by Gasteiger charge is -2.09. The van der Waals surface area contributed by atoms with Crippen molar-refractivity contribution < 1.29 is 19.5 Å². The van der Waals surface area contributed by atoms with E-state index in [0.29, 0.717) is 5.56 Å². The van der Waals surface area contributed by atoms with Crippen molar-refractivity contribution >= 4 is 11.9 Å². The van der Waals surface area contributed by atoms with Crippen molar-refractivity contribution in [1.29, 1.82) is 0 Å². The third kappa shape index (κ3) is 3.40. The maximum atomic E-state index is 11.2. The normalized spacial score (nSPS) is 11.6. The highest BCUT2D eigenvalue weighted by Gasteiger charge is 2.19. The van der Waals surface area contributed by atoms with Crippen molar-refractivity contribution in [3.8, 4) is 0 Å². The summed E-state index contributed by atoms with van der Waals surface area (Å²) in [4.78, 5) is 25.9. The first-order valence-corrected chi connectivity index (χ1v) is 4.31. The van der Waals surface area contributed by atoms with E-state index in [1.807, 2.05) is 5.48 Å². The van der Waals surface area contributed by atoms with Crippen molar-refractivity contribution in [3.63, 3.8) is 0 Å². The van der Waals surface area contributed by atoms with Crippen molar-refractivity contribution in [2.45, 2.75) is 13.0 Å². The van der Waals surface area contributed by atoms with E-state index < -0.39 is 18.0 Å². The molecule has 0 aliphatic heterocycles. The molecule has 0 saturated carbocycles. The molecular weight excluding hydrogens is 198 g/mol. The lowest BCUT2D eigenvalue weighted by molar-refractivity contribution is -0.166. The van der Waals surface area contributed by atoms with Crippen LogP contribution in [0.3, 0.4) is 0 Å². The van der Waals surface area contributed by atoms with Gasteiger partial charge in [0.05, 0.1) is 0 Å². The van der Waals surface area contributed by atoms with E-state index in [9.17, 15) is 14.7 Å². The Morgan fingerprint density at radius 3 is 2.47 bits per heavy atom. The third-order valence-corrected chi connectivity index (χ3v) is 1.63. The van der Waals surface area contributed by atoms with Crippen LogP contribution in [0.4, 0.5) is 0 Å². The molecule has 0 heterocycles. The Kier molecular flexibility index (Phi) is 3.82. The van der Waals surface area contributed by atoms with Gasteiger partial charge in [0.1, 0.15) is 0 Å². The number of hydroxylamine groups is 1. The van der Waals surface area contributed by atoms with Gasteiger partial charge < -0.3 is 9.94 Å². The van der Waals surface area contributed by atoms with Crippen LogP contribution in [-0.2, 0) is 14.4 Å². The zero-order chi connectivity index (χ0) is 11.3. The second-order valence-corrected chi connectivity index (χ2v) is 2.89. The number of aliphatic hydroxyl groups is 1. The van der Waals surface area contributed by atoms with Gasteiger partial charge in [-0.2, -0.15) is 5.48 Å². The van der Waals surface area contributed by atoms with Gasteiger partial charge in [0.2, 0.25) is 5.91 Å². The molecule has 1 atom stereocenters. The molecule has 5 nitrogen and oxygen atoms in total. The lowest BCUT2D eigenvalue weighted by atomic mass is 10.1. The summed E-state index contributed by atoms with van der Waals surface area (Å²) in [7, 11) is 0. The Hall–Kier alpha value is -1.88. The maximum absolute atomic E-state index is 11.2. The summed E-state index contributed by atoms with van der Waals surface area (Å²) in [6.07, 6.45) is -1.39. The average Bonchev–Trinajstić information content (AvgIpc) is 2.26. The summed E-state index contributed by atoms with van der Waals surface area (Å²) in [5.74, 6) is -1.43. The average molecular weight is 209 g/mol. The number of hydrogen-bond donors (Lipinski definition) is 2. The Balaban J connectivity index is 2.57. The monoisotopic (exact) mass is 209 g/mol. The minimum atomic E-state index is -1.39. The molecule has 80 valence electrons. The molecule has 1 rings (SSSR count). The van der Waals surface area contributed by atoms with E-state index in [1.165, 1.54) is 6.92 Å². The minimum absolute atomic E-state index is 0.410. The van der Waals surface area contributed by atoms with Crippen molar-refractivity contribution in [3.05, 3.63) is 35.9 Å². The van der Waals surface area contributed by atoms with Crippen LogP contribution in [-0.4, -0.2) is 17.0 Å². The predicted octanol–water partition coefficient (Wildman–Crippen LogP) is 0.314. The van der Waals surface area contributed by atoms with Crippen LogP contribution in [0.2, 0.25) is 0 Å². The summed E-state index contributed by atoms with van der Waals surface area (Å²) in [5.41, 5.74) is 2.26. The Morgan fingerprint density at radius 2 is 1.93 bits per heavy atom. The second-order valence-electron chi connectivity index (χ2n) is 2.89. The molecule has 0 aliphatic rings. The van der Waals surface area contributed by atoms with Gasteiger partial charge in [-0.1, -0.05) is 30.3 Å². The minimum Gasteiger partial charge on any atom is -0.377 e. The Morgan fingerprint density at radius 1 is 1.33 bits per heavy atom. The van der Waals surface area contributed by atoms with Crippen LogP contribution in [0.25, 0.3) is 0 Å². The van der Waals surface area contributed by atoms with Crippen LogP contribution in [0.5, 0.6) is 0 Å². The molecule has 5 heteroatoms. The first-order valence-electron chi connectivity index (χ1n) is 4.31. The molecule has 0 fully saturated rings. The zero-order valence-corrected chi connectivity index (χ0v) is 8.14. The number of benzene rings is 1. The van der Waals surface area contributed by atoms with Crippen LogP contribution in [0, 0.1) is 0 Å². The van der Waals surface area contributed by atoms with Crippen LogP contribution in [0.15, 0.2) is 30.3 Å². The summed E-state index contributed by atoms with van der Waals surface area (Å²) in [5, 5.41) is 9.48. The molecule has 0 aliphatic carbocycles. The molecule has 0 radical (unpaired) electrons.